The molecular formula is C20H21N7O. The average molecular weight is 375 g/mol. The van der Waals surface area contributed by atoms with E-state index >= 15 is 0 Å². The molecule has 0 spiro atoms. The third kappa shape index (κ3) is 3.01. The summed E-state index contributed by atoms with van der Waals surface area (Å²) in [4.78, 5) is 30.7. The van der Waals surface area contributed by atoms with Gasteiger partial charge in [0.2, 0.25) is 5.95 Å². The van der Waals surface area contributed by atoms with Crippen molar-refractivity contribution in [2.45, 2.75) is 37.8 Å². The summed E-state index contributed by atoms with van der Waals surface area (Å²) >= 11 is 0. The Bertz CT molecular complexity index is 1210. The van der Waals surface area contributed by atoms with Crippen LogP contribution in [0.2, 0.25) is 0 Å². The molecule has 1 fully saturated rings. The summed E-state index contributed by atoms with van der Waals surface area (Å²) in [5, 5.41) is 4.27. The van der Waals surface area contributed by atoms with Gasteiger partial charge in [-0.3, -0.25) is 4.98 Å². The first kappa shape index (κ1) is 16.9. The molecule has 142 valence electrons. The number of nitrogens with one attached hydrogen (secondary N) is 3. The number of H-pyrrole nitrogens is 2. The molecule has 28 heavy (non-hydrogen) atoms. The monoisotopic (exact) mass is 375 g/mol. The molecule has 0 saturated heterocycles. The number of nitrogens with zero attached hydrogens (tertiary/aromatic N) is 3. The number of rotatable bonds is 3. The van der Waals surface area contributed by atoms with E-state index in [1.807, 2.05) is 18.2 Å². The highest BCUT2D eigenvalue weighted by atomic mass is 16.1. The second-order valence-electron chi connectivity index (χ2n) is 7.36. The van der Waals surface area contributed by atoms with Crippen LogP contribution in [0.1, 0.15) is 25.7 Å². The zero-order valence-electron chi connectivity index (χ0n) is 15.3. The van der Waals surface area contributed by atoms with E-state index in [1.54, 1.807) is 18.6 Å². The molecule has 0 amide bonds. The van der Waals surface area contributed by atoms with Crippen LogP contribution in [0.25, 0.3) is 33.1 Å². The Hall–Kier alpha value is -3.26. The quantitative estimate of drug-likeness (QED) is 0.436. The van der Waals surface area contributed by atoms with E-state index in [0.717, 1.165) is 45.9 Å². The molecule has 1 aromatic carbocycles. The predicted molar refractivity (Wildman–Crippen MR) is 109 cm³/mol. The third-order valence-electron chi connectivity index (χ3n) is 5.45. The minimum Gasteiger partial charge on any atom is -0.350 e. The van der Waals surface area contributed by atoms with Gasteiger partial charge in [-0.25, -0.2) is 14.8 Å². The number of anilines is 1. The highest BCUT2D eigenvalue weighted by Crippen LogP contribution is 2.29. The molecule has 1 saturated carbocycles. The van der Waals surface area contributed by atoms with Crippen LogP contribution in [0, 0.1) is 0 Å². The van der Waals surface area contributed by atoms with Gasteiger partial charge in [-0.05, 0) is 30.5 Å². The van der Waals surface area contributed by atoms with Gasteiger partial charge in [0.05, 0.1) is 16.6 Å². The van der Waals surface area contributed by atoms with Crippen LogP contribution in [0.15, 0.2) is 41.6 Å². The average Bonchev–Trinajstić information content (AvgIpc) is 3.08. The Labute approximate surface area is 160 Å². The lowest BCUT2D eigenvalue weighted by Gasteiger charge is -2.29. The Morgan fingerprint density at radius 1 is 1.07 bits per heavy atom. The number of nitrogens with two attached hydrogens (primary N) is 1. The van der Waals surface area contributed by atoms with Crippen molar-refractivity contribution in [1.82, 2.24) is 24.9 Å². The third-order valence-corrected chi connectivity index (χ3v) is 5.45. The van der Waals surface area contributed by atoms with Crippen LogP contribution in [0.4, 0.5) is 5.95 Å². The van der Waals surface area contributed by atoms with Crippen molar-refractivity contribution in [2.75, 3.05) is 5.32 Å². The summed E-state index contributed by atoms with van der Waals surface area (Å²) in [6.45, 7) is 0. The molecule has 2 atom stereocenters. The van der Waals surface area contributed by atoms with E-state index in [1.165, 1.54) is 12.8 Å². The first-order valence-electron chi connectivity index (χ1n) is 9.53. The molecule has 3 heterocycles. The molecule has 8 nitrogen and oxygen atoms in total. The first-order valence-corrected chi connectivity index (χ1v) is 9.53. The van der Waals surface area contributed by atoms with Gasteiger partial charge in [0.1, 0.15) is 0 Å². The second kappa shape index (κ2) is 6.72. The van der Waals surface area contributed by atoms with Gasteiger partial charge in [-0.2, -0.15) is 0 Å². The van der Waals surface area contributed by atoms with Gasteiger partial charge in [-0.1, -0.05) is 18.9 Å². The van der Waals surface area contributed by atoms with Gasteiger partial charge < -0.3 is 21.0 Å². The highest BCUT2D eigenvalue weighted by Gasteiger charge is 2.22. The van der Waals surface area contributed by atoms with Crippen LogP contribution < -0.4 is 16.7 Å². The zero-order chi connectivity index (χ0) is 19.1. The van der Waals surface area contributed by atoms with E-state index in [2.05, 4.69) is 25.3 Å². The largest absolute Gasteiger partial charge is 0.350 e. The predicted octanol–water partition coefficient (Wildman–Crippen LogP) is 2.54. The van der Waals surface area contributed by atoms with Crippen molar-refractivity contribution in [1.29, 1.82) is 0 Å². The topological polar surface area (TPSA) is 125 Å². The summed E-state index contributed by atoms with van der Waals surface area (Å²) in [5.41, 5.74) is 10.2. The van der Waals surface area contributed by atoms with Crippen LogP contribution in [0.5, 0.6) is 0 Å². The van der Waals surface area contributed by atoms with E-state index in [9.17, 15) is 4.79 Å². The number of pyridine rings is 1. The lowest BCUT2D eigenvalue weighted by molar-refractivity contribution is 0.402. The lowest BCUT2D eigenvalue weighted by atomic mass is 9.91. The maximum Gasteiger partial charge on any atom is 0.323 e. The molecule has 0 aliphatic heterocycles. The van der Waals surface area contributed by atoms with Crippen molar-refractivity contribution in [3.05, 3.63) is 47.3 Å². The van der Waals surface area contributed by atoms with Crippen molar-refractivity contribution in [3.63, 3.8) is 0 Å². The fourth-order valence-electron chi connectivity index (χ4n) is 3.94. The smallest absolute Gasteiger partial charge is 0.323 e. The molecule has 4 aromatic rings. The van der Waals surface area contributed by atoms with Gasteiger partial charge in [0, 0.05) is 41.6 Å². The molecule has 1 aliphatic carbocycles. The fourth-order valence-corrected chi connectivity index (χ4v) is 3.94. The van der Waals surface area contributed by atoms with E-state index in [0.29, 0.717) is 5.95 Å². The normalized spacial score (nSPS) is 19.9. The number of fused-ring (bicyclic) bond motifs is 2. The summed E-state index contributed by atoms with van der Waals surface area (Å²) in [7, 11) is 0. The number of benzene rings is 1. The van der Waals surface area contributed by atoms with Gasteiger partial charge in [-0.15, -0.1) is 0 Å². The van der Waals surface area contributed by atoms with E-state index in [4.69, 9.17) is 10.7 Å². The second-order valence-corrected chi connectivity index (χ2v) is 7.36. The number of aromatic nitrogens is 5. The standard InChI is InChI=1S/C20H21N7O/c21-14-3-1-2-4-15(14)24-19-23-9-12-8-22-10-13(18(12)27-19)11-5-6-16-17(7-11)26-20(28)25-16/h5-10,14-15H,1-4,21H2,(H,23,24,27)(H2,25,26,28)/t14-,15?/m0/s1. The Morgan fingerprint density at radius 2 is 1.93 bits per heavy atom. The number of hydrogen-bond donors (Lipinski definition) is 4. The van der Waals surface area contributed by atoms with Crippen LogP contribution in [-0.2, 0) is 0 Å². The van der Waals surface area contributed by atoms with Gasteiger partial charge in [0.15, 0.2) is 0 Å². The molecule has 3 aromatic heterocycles. The molecular weight excluding hydrogens is 354 g/mol. The van der Waals surface area contributed by atoms with E-state index in [-0.39, 0.29) is 17.8 Å². The van der Waals surface area contributed by atoms with Gasteiger partial charge >= 0.3 is 5.69 Å². The minimum absolute atomic E-state index is 0.123. The van der Waals surface area contributed by atoms with Crippen molar-refractivity contribution in [2.24, 2.45) is 5.73 Å². The van der Waals surface area contributed by atoms with E-state index < -0.39 is 0 Å². The van der Waals surface area contributed by atoms with Crippen molar-refractivity contribution in [3.8, 4) is 11.1 Å². The highest BCUT2D eigenvalue weighted by molar-refractivity contribution is 5.94. The summed E-state index contributed by atoms with van der Waals surface area (Å²) in [5.74, 6) is 0.582. The Morgan fingerprint density at radius 3 is 2.82 bits per heavy atom. The molecule has 5 N–H and O–H groups in total. The number of hydrogen-bond acceptors (Lipinski definition) is 6. The maximum absolute atomic E-state index is 11.5. The SMILES string of the molecule is N[C@H]1CCCCC1Nc1ncc2cncc(-c3ccc4[nH]c(=O)[nH]c4c3)c2n1. The van der Waals surface area contributed by atoms with Crippen LogP contribution in [0.3, 0.4) is 0 Å². The number of imidazole rings is 1. The van der Waals surface area contributed by atoms with Crippen molar-refractivity contribution >= 4 is 27.9 Å². The zero-order valence-corrected chi connectivity index (χ0v) is 15.3. The summed E-state index contributed by atoms with van der Waals surface area (Å²) in [6, 6.07) is 6.07. The van der Waals surface area contributed by atoms with Gasteiger partial charge in [0.25, 0.3) is 0 Å². The molecule has 0 radical (unpaired) electrons. The molecule has 0 bridgehead atoms. The maximum atomic E-state index is 11.5. The molecule has 1 unspecified atom stereocenters. The molecule has 1 aliphatic rings. The molecule has 5 rings (SSSR count). The molecule has 8 heteroatoms. The summed E-state index contributed by atoms with van der Waals surface area (Å²) in [6.07, 6.45) is 9.73. The first-order chi connectivity index (χ1) is 13.7. The number of aromatic amines is 2. The summed E-state index contributed by atoms with van der Waals surface area (Å²) < 4.78 is 0. The van der Waals surface area contributed by atoms with Crippen LogP contribution in [-0.4, -0.2) is 37.0 Å². The minimum atomic E-state index is -0.221. The Balaban J connectivity index is 1.57. The van der Waals surface area contributed by atoms with Crippen molar-refractivity contribution < 1.29 is 0 Å². The van der Waals surface area contributed by atoms with Crippen LogP contribution >= 0.6 is 0 Å². The Kier molecular flexibility index (Phi) is 4.05. The fraction of sp³-hybridized carbons (Fsp3) is 0.300. The lowest BCUT2D eigenvalue weighted by Crippen LogP contribution is -2.42.